The molecule has 3 rings (SSSR count). The number of hydrogen-bond donors (Lipinski definition) is 0. The van der Waals surface area contributed by atoms with Crippen LogP contribution in [0.15, 0.2) is 22.8 Å². The smallest absolute Gasteiger partial charge is 0.128 e. The highest BCUT2D eigenvalue weighted by Gasteiger charge is 2.32. The van der Waals surface area contributed by atoms with Gasteiger partial charge in [0, 0.05) is 42.9 Å². The first-order valence-corrected chi connectivity index (χ1v) is 6.23. The fourth-order valence-corrected chi connectivity index (χ4v) is 2.78. The second kappa shape index (κ2) is 3.76. The van der Waals surface area contributed by atoms with Gasteiger partial charge >= 0.3 is 0 Å². The van der Waals surface area contributed by atoms with Crippen LogP contribution in [0.25, 0.3) is 0 Å². The van der Waals surface area contributed by atoms with Crippen LogP contribution in [0.4, 0.5) is 5.82 Å². The van der Waals surface area contributed by atoms with Crippen LogP contribution in [0.1, 0.15) is 6.42 Å². The van der Waals surface area contributed by atoms with Gasteiger partial charge in [0.1, 0.15) is 5.82 Å². The average Bonchev–Trinajstić information content (AvgIpc) is 2.63. The van der Waals surface area contributed by atoms with E-state index < -0.39 is 0 Å². The van der Waals surface area contributed by atoms with Crippen LogP contribution in [0, 0.1) is 0 Å². The minimum absolute atomic E-state index is 0.687. The van der Waals surface area contributed by atoms with E-state index >= 15 is 0 Å². The van der Waals surface area contributed by atoms with E-state index in [1.54, 1.807) is 0 Å². The van der Waals surface area contributed by atoms with Crippen molar-refractivity contribution in [1.82, 2.24) is 9.88 Å². The van der Waals surface area contributed by atoms with Crippen molar-refractivity contribution in [3.8, 4) is 0 Å². The monoisotopic (exact) mass is 267 g/mol. The van der Waals surface area contributed by atoms with Crippen LogP contribution < -0.4 is 4.90 Å². The van der Waals surface area contributed by atoms with Crippen molar-refractivity contribution < 1.29 is 0 Å². The van der Waals surface area contributed by atoms with Crippen LogP contribution in [0.2, 0.25) is 0 Å². The standard InChI is InChI=1S/C11H14BrN3/c12-9-1-2-11(13-7-9)15-6-5-14-4-3-10(15)8-14/h1-2,7,10H,3-6,8H2. The minimum atomic E-state index is 0.687. The first-order chi connectivity index (χ1) is 7.33. The maximum Gasteiger partial charge on any atom is 0.128 e. The summed E-state index contributed by atoms with van der Waals surface area (Å²) in [4.78, 5) is 9.48. The molecule has 2 bridgehead atoms. The van der Waals surface area contributed by atoms with E-state index in [2.05, 4.69) is 42.8 Å². The molecule has 2 fully saturated rings. The molecule has 0 amide bonds. The highest BCUT2D eigenvalue weighted by Crippen LogP contribution is 2.25. The fraction of sp³-hybridized carbons (Fsp3) is 0.545. The zero-order chi connectivity index (χ0) is 10.3. The molecule has 15 heavy (non-hydrogen) atoms. The summed E-state index contributed by atoms with van der Waals surface area (Å²) >= 11 is 3.42. The Labute approximate surface area is 98.2 Å². The molecule has 2 aliphatic heterocycles. The number of hydrogen-bond acceptors (Lipinski definition) is 3. The fourth-order valence-electron chi connectivity index (χ4n) is 2.54. The first-order valence-electron chi connectivity index (χ1n) is 5.43. The van der Waals surface area contributed by atoms with Crippen molar-refractivity contribution in [2.24, 2.45) is 0 Å². The lowest BCUT2D eigenvalue weighted by molar-refractivity contribution is 0.310. The summed E-state index contributed by atoms with van der Waals surface area (Å²) < 4.78 is 1.05. The molecule has 2 atom stereocenters. The number of halogens is 1. The molecule has 2 unspecified atom stereocenters. The predicted octanol–water partition coefficient (Wildman–Crippen LogP) is 1.74. The Morgan fingerprint density at radius 1 is 1.27 bits per heavy atom. The zero-order valence-electron chi connectivity index (χ0n) is 8.56. The summed E-state index contributed by atoms with van der Waals surface area (Å²) in [7, 11) is 0. The maximum absolute atomic E-state index is 4.48. The number of fused-ring (bicyclic) bond motifs is 2. The molecule has 80 valence electrons. The quantitative estimate of drug-likeness (QED) is 0.773. The molecule has 2 saturated heterocycles. The molecule has 0 N–H and O–H groups in total. The van der Waals surface area contributed by atoms with E-state index in [9.17, 15) is 0 Å². The van der Waals surface area contributed by atoms with Crippen LogP contribution in [-0.4, -0.2) is 42.1 Å². The maximum atomic E-state index is 4.48. The Kier molecular flexibility index (Phi) is 2.41. The number of aromatic nitrogens is 1. The molecule has 2 aliphatic rings. The van der Waals surface area contributed by atoms with E-state index in [0.717, 1.165) is 16.8 Å². The van der Waals surface area contributed by atoms with E-state index in [4.69, 9.17) is 0 Å². The molecule has 0 aliphatic carbocycles. The van der Waals surface area contributed by atoms with Gasteiger partial charge in [0.2, 0.25) is 0 Å². The number of rotatable bonds is 1. The highest BCUT2D eigenvalue weighted by molar-refractivity contribution is 9.10. The summed E-state index contributed by atoms with van der Waals surface area (Å²) in [6, 6.07) is 4.87. The van der Waals surface area contributed by atoms with Gasteiger partial charge < -0.3 is 4.90 Å². The summed E-state index contributed by atoms with van der Waals surface area (Å²) in [5.74, 6) is 1.13. The third-order valence-electron chi connectivity index (χ3n) is 3.35. The minimum Gasteiger partial charge on any atom is -0.351 e. The molecule has 0 saturated carbocycles. The number of anilines is 1. The number of nitrogens with zero attached hydrogens (tertiary/aromatic N) is 3. The Hall–Kier alpha value is -0.610. The van der Waals surface area contributed by atoms with Gasteiger partial charge in [0.15, 0.2) is 0 Å². The third-order valence-corrected chi connectivity index (χ3v) is 3.82. The summed E-state index contributed by atoms with van der Waals surface area (Å²) in [6.45, 7) is 4.79. The Morgan fingerprint density at radius 2 is 2.20 bits per heavy atom. The third kappa shape index (κ3) is 1.76. The van der Waals surface area contributed by atoms with Crippen molar-refractivity contribution in [2.75, 3.05) is 31.1 Å². The zero-order valence-corrected chi connectivity index (χ0v) is 10.2. The van der Waals surface area contributed by atoms with Crippen molar-refractivity contribution >= 4 is 21.7 Å². The second-order valence-corrected chi connectivity index (χ2v) is 5.19. The molecule has 0 aromatic carbocycles. The van der Waals surface area contributed by atoms with Gasteiger partial charge in [-0.25, -0.2) is 4.98 Å². The lowest BCUT2D eigenvalue weighted by Gasteiger charge is -2.35. The molecule has 0 radical (unpaired) electrons. The normalized spacial score (nSPS) is 29.5. The van der Waals surface area contributed by atoms with Gasteiger partial charge in [-0.05, 0) is 34.5 Å². The molecule has 0 spiro atoms. The Balaban J connectivity index is 1.84. The van der Waals surface area contributed by atoms with Crippen molar-refractivity contribution in [3.05, 3.63) is 22.8 Å². The van der Waals surface area contributed by atoms with Gasteiger partial charge in [-0.15, -0.1) is 0 Å². The average molecular weight is 268 g/mol. The molecule has 3 nitrogen and oxygen atoms in total. The molecular weight excluding hydrogens is 254 g/mol. The van der Waals surface area contributed by atoms with Gasteiger partial charge in [0.25, 0.3) is 0 Å². The molecular formula is C11H14BrN3. The Bertz CT molecular complexity index is 351. The van der Waals surface area contributed by atoms with E-state index in [1.807, 2.05) is 6.20 Å². The van der Waals surface area contributed by atoms with E-state index in [0.29, 0.717) is 6.04 Å². The van der Waals surface area contributed by atoms with Crippen LogP contribution in [-0.2, 0) is 0 Å². The topological polar surface area (TPSA) is 19.4 Å². The van der Waals surface area contributed by atoms with E-state index in [1.165, 1.54) is 26.1 Å². The van der Waals surface area contributed by atoms with E-state index in [-0.39, 0.29) is 0 Å². The number of piperazine rings is 1. The lowest BCUT2D eigenvalue weighted by atomic mass is 10.2. The summed E-state index contributed by atoms with van der Waals surface area (Å²) in [6.07, 6.45) is 3.18. The van der Waals surface area contributed by atoms with Crippen molar-refractivity contribution in [1.29, 1.82) is 0 Å². The molecule has 1 aromatic heterocycles. The second-order valence-electron chi connectivity index (χ2n) is 4.27. The van der Waals surface area contributed by atoms with Gasteiger partial charge in [-0.2, -0.15) is 0 Å². The SMILES string of the molecule is Brc1ccc(N2CCN3CCC2C3)nc1. The summed E-state index contributed by atoms with van der Waals surface area (Å²) in [5, 5.41) is 0. The molecule has 3 heterocycles. The van der Waals surface area contributed by atoms with Crippen molar-refractivity contribution in [3.63, 3.8) is 0 Å². The van der Waals surface area contributed by atoms with Gasteiger partial charge in [-0.3, -0.25) is 4.90 Å². The first kappa shape index (κ1) is 9.60. The van der Waals surface area contributed by atoms with Crippen LogP contribution in [0.3, 0.4) is 0 Å². The lowest BCUT2D eigenvalue weighted by Crippen LogP contribution is -2.47. The highest BCUT2D eigenvalue weighted by atomic mass is 79.9. The van der Waals surface area contributed by atoms with Gasteiger partial charge in [0.05, 0.1) is 0 Å². The van der Waals surface area contributed by atoms with Crippen LogP contribution >= 0.6 is 15.9 Å². The molecule has 4 heteroatoms. The Morgan fingerprint density at radius 3 is 3.00 bits per heavy atom. The summed E-state index contributed by atoms with van der Waals surface area (Å²) in [5.41, 5.74) is 0. The van der Waals surface area contributed by atoms with Crippen LogP contribution in [0.5, 0.6) is 0 Å². The van der Waals surface area contributed by atoms with Gasteiger partial charge in [-0.1, -0.05) is 0 Å². The largest absolute Gasteiger partial charge is 0.351 e. The number of pyridine rings is 1. The molecule has 1 aromatic rings. The van der Waals surface area contributed by atoms with Crippen molar-refractivity contribution in [2.45, 2.75) is 12.5 Å². The predicted molar refractivity (Wildman–Crippen MR) is 64.1 cm³/mol.